The summed E-state index contributed by atoms with van der Waals surface area (Å²) in [6, 6.07) is 4.22. The molecule has 0 radical (unpaired) electrons. The van der Waals surface area contributed by atoms with E-state index in [-0.39, 0.29) is 15.7 Å². The topological polar surface area (TPSA) is 32.3 Å². The molecule has 1 aromatic carbocycles. The molecule has 1 aliphatic rings. The Hall–Kier alpha value is -0.980. The fourth-order valence-electron chi connectivity index (χ4n) is 1.62. The molecule has 18 heavy (non-hydrogen) atoms. The Bertz CT molecular complexity index is 493. The van der Waals surface area contributed by atoms with Crippen molar-refractivity contribution in [2.24, 2.45) is 5.92 Å². The van der Waals surface area contributed by atoms with E-state index in [1.54, 1.807) is 0 Å². The molecule has 1 N–H and O–H groups in total. The van der Waals surface area contributed by atoms with Crippen molar-refractivity contribution in [1.82, 2.24) is 5.43 Å². The summed E-state index contributed by atoms with van der Waals surface area (Å²) in [4.78, 5) is 11.7. The molecule has 1 heterocycles. The quantitative estimate of drug-likeness (QED) is 0.864. The van der Waals surface area contributed by atoms with E-state index in [0.717, 1.165) is 5.01 Å². The van der Waals surface area contributed by atoms with Gasteiger partial charge in [-0.05, 0) is 18.2 Å². The summed E-state index contributed by atoms with van der Waals surface area (Å²) in [5.41, 5.74) is 2.48. The molecule has 1 aliphatic heterocycles. The van der Waals surface area contributed by atoms with Crippen LogP contribution in [0, 0.1) is 5.92 Å². The summed E-state index contributed by atoms with van der Waals surface area (Å²) in [6.45, 7) is -0.509. The van der Waals surface area contributed by atoms with Crippen LogP contribution in [0.4, 0.5) is 18.9 Å². The van der Waals surface area contributed by atoms with Gasteiger partial charge in [0, 0.05) is 11.6 Å². The first-order valence-corrected chi connectivity index (χ1v) is 5.65. The molecule has 0 bridgehead atoms. The third kappa shape index (κ3) is 2.41. The van der Waals surface area contributed by atoms with Crippen LogP contribution in [0.25, 0.3) is 0 Å². The highest BCUT2D eigenvalue weighted by atomic mass is 35.5. The number of hydrogen-bond donors (Lipinski definition) is 1. The van der Waals surface area contributed by atoms with E-state index in [4.69, 9.17) is 23.2 Å². The first kappa shape index (κ1) is 13.5. The zero-order chi connectivity index (χ0) is 13.5. The average molecular weight is 299 g/mol. The summed E-state index contributed by atoms with van der Waals surface area (Å²) >= 11 is 11.6. The van der Waals surface area contributed by atoms with Gasteiger partial charge in [-0.15, -0.1) is 0 Å². The van der Waals surface area contributed by atoms with Crippen LogP contribution in [0.2, 0.25) is 10.0 Å². The van der Waals surface area contributed by atoms with Gasteiger partial charge in [0.15, 0.2) is 0 Å². The van der Waals surface area contributed by atoms with Crippen molar-refractivity contribution in [2.75, 3.05) is 11.6 Å². The smallest absolute Gasteiger partial charge is 0.272 e. The summed E-state index contributed by atoms with van der Waals surface area (Å²) < 4.78 is 37.6. The Balaban J connectivity index is 2.32. The van der Waals surface area contributed by atoms with Crippen molar-refractivity contribution in [2.45, 2.75) is 6.18 Å². The number of amides is 1. The van der Waals surface area contributed by atoms with E-state index in [0.29, 0.717) is 0 Å². The first-order valence-electron chi connectivity index (χ1n) is 4.90. The van der Waals surface area contributed by atoms with E-state index >= 15 is 0 Å². The lowest BCUT2D eigenvalue weighted by molar-refractivity contribution is -0.174. The molecule has 2 rings (SSSR count). The molecule has 0 saturated carbocycles. The Morgan fingerprint density at radius 2 is 2.00 bits per heavy atom. The Labute approximate surface area is 110 Å². The van der Waals surface area contributed by atoms with E-state index in [9.17, 15) is 18.0 Å². The number of nitrogens with one attached hydrogen (secondary N) is 1. The SMILES string of the molecule is O=C1C(C(F)(F)F)CNN1c1cc(Cl)ccc1Cl. The van der Waals surface area contributed by atoms with Crippen molar-refractivity contribution < 1.29 is 18.0 Å². The van der Waals surface area contributed by atoms with Gasteiger partial charge in [-0.3, -0.25) is 4.79 Å². The van der Waals surface area contributed by atoms with Crippen molar-refractivity contribution in [1.29, 1.82) is 0 Å². The number of nitrogens with zero attached hydrogens (tertiary/aromatic N) is 1. The second-order valence-electron chi connectivity index (χ2n) is 3.73. The van der Waals surface area contributed by atoms with Gasteiger partial charge in [-0.1, -0.05) is 23.2 Å². The summed E-state index contributed by atoms with van der Waals surface area (Å²) in [6.07, 6.45) is -4.58. The molecular formula is C10H7Cl2F3N2O. The standard InChI is InChI=1S/C10H7Cl2F3N2O/c11-5-1-2-7(12)8(3-5)17-9(18)6(4-16-17)10(13,14)15/h1-3,6,16H,4H2. The van der Waals surface area contributed by atoms with Crippen LogP contribution in [-0.4, -0.2) is 18.6 Å². The van der Waals surface area contributed by atoms with Crippen LogP contribution in [0.5, 0.6) is 0 Å². The largest absolute Gasteiger partial charge is 0.401 e. The third-order valence-electron chi connectivity index (χ3n) is 2.52. The number of hydrogen-bond acceptors (Lipinski definition) is 2. The van der Waals surface area contributed by atoms with Crippen molar-refractivity contribution >= 4 is 34.8 Å². The van der Waals surface area contributed by atoms with Gasteiger partial charge in [-0.2, -0.15) is 13.2 Å². The molecule has 98 valence electrons. The molecule has 1 saturated heterocycles. The molecule has 3 nitrogen and oxygen atoms in total. The van der Waals surface area contributed by atoms with Crippen LogP contribution in [0.3, 0.4) is 0 Å². The number of carbonyl (C=O) groups excluding carboxylic acids is 1. The number of carbonyl (C=O) groups is 1. The zero-order valence-electron chi connectivity index (χ0n) is 8.76. The molecule has 1 aromatic rings. The number of anilines is 1. The van der Waals surface area contributed by atoms with Gasteiger partial charge in [-0.25, -0.2) is 10.4 Å². The maximum atomic E-state index is 12.5. The van der Waals surface area contributed by atoms with E-state index in [1.807, 2.05) is 0 Å². The molecule has 0 aliphatic carbocycles. The molecule has 1 unspecified atom stereocenters. The van der Waals surface area contributed by atoms with Gasteiger partial charge in [0.25, 0.3) is 5.91 Å². The Morgan fingerprint density at radius 1 is 1.33 bits per heavy atom. The molecule has 1 atom stereocenters. The van der Waals surface area contributed by atoms with E-state index in [1.165, 1.54) is 18.2 Å². The van der Waals surface area contributed by atoms with E-state index in [2.05, 4.69) is 5.43 Å². The zero-order valence-corrected chi connectivity index (χ0v) is 10.3. The predicted molar refractivity (Wildman–Crippen MR) is 61.5 cm³/mol. The normalized spacial score (nSPS) is 20.6. The van der Waals surface area contributed by atoms with Crippen LogP contribution >= 0.6 is 23.2 Å². The van der Waals surface area contributed by atoms with Crippen LogP contribution < -0.4 is 10.4 Å². The summed E-state index contributed by atoms with van der Waals surface area (Å²) in [5, 5.41) is 1.20. The lowest BCUT2D eigenvalue weighted by Crippen LogP contribution is -2.36. The fraction of sp³-hybridized carbons (Fsp3) is 0.300. The summed E-state index contributed by atoms with van der Waals surface area (Å²) in [7, 11) is 0. The maximum Gasteiger partial charge on any atom is 0.401 e. The van der Waals surface area contributed by atoms with Gasteiger partial charge in [0.05, 0.1) is 10.7 Å². The Kier molecular flexibility index (Phi) is 3.44. The van der Waals surface area contributed by atoms with Gasteiger partial charge in [0.2, 0.25) is 0 Å². The number of rotatable bonds is 1. The van der Waals surface area contributed by atoms with Gasteiger partial charge >= 0.3 is 6.18 Å². The fourth-order valence-corrected chi connectivity index (χ4v) is 1.99. The molecule has 0 aromatic heterocycles. The lowest BCUT2D eigenvalue weighted by atomic mass is 10.1. The van der Waals surface area contributed by atoms with Gasteiger partial charge < -0.3 is 0 Å². The average Bonchev–Trinajstić information content (AvgIpc) is 2.63. The minimum absolute atomic E-state index is 0.112. The minimum atomic E-state index is -4.58. The molecule has 1 amide bonds. The minimum Gasteiger partial charge on any atom is -0.272 e. The monoisotopic (exact) mass is 298 g/mol. The number of alkyl halides is 3. The van der Waals surface area contributed by atoms with Crippen LogP contribution in [-0.2, 0) is 4.79 Å². The first-order chi connectivity index (χ1) is 8.30. The Morgan fingerprint density at radius 3 is 2.56 bits per heavy atom. The van der Waals surface area contributed by atoms with Crippen molar-refractivity contribution in [3.63, 3.8) is 0 Å². The summed E-state index contributed by atoms with van der Waals surface area (Å²) in [5.74, 6) is -3.15. The lowest BCUT2D eigenvalue weighted by Gasteiger charge is -2.18. The number of hydrazine groups is 1. The maximum absolute atomic E-state index is 12.5. The van der Waals surface area contributed by atoms with Crippen LogP contribution in [0.15, 0.2) is 18.2 Å². The van der Waals surface area contributed by atoms with Gasteiger partial charge in [0.1, 0.15) is 5.92 Å². The molecule has 1 fully saturated rings. The van der Waals surface area contributed by atoms with E-state index < -0.39 is 24.5 Å². The van der Waals surface area contributed by atoms with Crippen molar-refractivity contribution in [3.8, 4) is 0 Å². The van der Waals surface area contributed by atoms with Crippen molar-refractivity contribution in [3.05, 3.63) is 28.2 Å². The number of halogens is 5. The third-order valence-corrected chi connectivity index (χ3v) is 3.07. The molecule has 0 spiro atoms. The molecule has 8 heteroatoms. The second kappa shape index (κ2) is 4.60. The second-order valence-corrected chi connectivity index (χ2v) is 4.57. The number of benzene rings is 1. The highest BCUT2D eigenvalue weighted by Crippen LogP contribution is 2.35. The molecular weight excluding hydrogens is 292 g/mol. The predicted octanol–water partition coefficient (Wildman–Crippen LogP) is 3.02. The highest BCUT2D eigenvalue weighted by molar-refractivity contribution is 6.35. The highest BCUT2D eigenvalue weighted by Gasteiger charge is 2.50. The van der Waals surface area contributed by atoms with Crippen LogP contribution in [0.1, 0.15) is 0 Å².